The maximum absolute atomic E-state index is 13.4. The van der Waals surface area contributed by atoms with Crippen molar-refractivity contribution in [2.24, 2.45) is 5.92 Å². The van der Waals surface area contributed by atoms with Gasteiger partial charge >= 0.3 is 29.8 Å². The predicted molar refractivity (Wildman–Crippen MR) is 142 cm³/mol. The number of aliphatic hydroxyl groups is 1. The third-order valence-corrected chi connectivity index (χ3v) is 9.04. The van der Waals surface area contributed by atoms with Crippen LogP contribution in [0.1, 0.15) is 50.7 Å². The van der Waals surface area contributed by atoms with Crippen LogP contribution in [0.25, 0.3) is 0 Å². The molecule has 14 heteroatoms. The number of likely N-dealkylation sites (tertiary alicyclic amines) is 1. The van der Waals surface area contributed by atoms with E-state index < -0.39 is 71.5 Å². The van der Waals surface area contributed by atoms with Crippen LogP contribution in [-0.4, -0.2) is 98.7 Å². The summed E-state index contributed by atoms with van der Waals surface area (Å²) in [5.74, 6) is -8.18. The van der Waals surface area contributed by atoms with Gasteiger partial charge in [-0.1, -0.05) is 6.07 Å². The van der Waals surface area contributed by atoms with E-state index in [0.717, 1.165) is 12.5 Å². The topological polar surface area (TPSA) is 206 Å². The lowest BCUT2D eigenvalue weighted by Gasteiger charge is -2.56. The zero-order valence-electron chi connectivity index (χ0n) is 23.8. The van der Waals surface area contributed by atoms with Crippen LogP contribution < -0.4 is 4.74 Å². The van der Waals surface area contributed by atoms with Gasteiger partial charge in [-0.15, -0.1) is 0 Å². The number of carbonyl (C=O) groups is 5. The molecule has 232 valence electrons. The van der Waals surface area contributed by atoms with Crippen LogP contribution >= 0.6 is 0 Å². The molecule has 1 fully saturated rings. The minimum atomic E-state index is -2.09. The molecular formula is C29H33NO13. The number of hydrogen-bond acceptors (Lipinski definition) is 12. The van der Waals surface area contributed by atoms with E-state index in [-0.39, 0.29) is 29.7 Å². The van der Waals surface area contributed by atoms with E-state index in [1.807, 2.05) is 13.1 Å². The molecule has 1 saturated heterocycles. The Kier molecular flexibility index (Phi) is 7.63. The summed E-state index contributed by atoms with van der Waals surface area (Å²) in [6.45, 7) is 2.87. The van der Waals surface area contributed by atoms with Gasteiger partial charge in [-0.25, -0.2) is 9.59 Å². The molecule has 1 aromatic carbocycles. The number of phenols is 1. The SMILES string of the molecule is CC(=O)O[C@@H](C(=O)O[C@@H](CC(=O)O)C(=O)O)[C@@H](C)C(=O)OC1=CC[C@@]2(O)[C@H]3Cc4ccc(O)c5c4[C@@]2(CCCN3C)[C@H]1O5. The van der Waals surface area contributed by atoms with Crippen LogP contribution in [0.3, 0.4) is 0 Å². The number of benzene rings is 1. The zero-order valence-corrected chi connectivity index (χ0v) is 23.8. The minimum absolute atomic E-state index is 0.0394. The van der Waals surface area contributed by atoms with Gasteiger partial charge in [0.15, 0.2) is 17.6 Å². The van der Waals surface area contributed by atoms with Crippen LogP contribution in [0.4, 0.5) is 0 Å². The summed E-state index contributed by atoms with van der Waals surface area (Å²) in [5.41, 5.74) is -0.791. The first-order chi connectivity index (χ1) is 20.2. The Morgan fingerprint density at radius 1 is 1.14 bits per heavy atom. The Morgan fingerprint density at radius 2 is 1.86 bits per heavy atom. The molecule has 0 aromatic heterocycles. The second kappa shape index (κ2) is 10.8. The lowest BCUT2D eigenvalue weighted by molar-refractivity contribution is -0.184. The predicted octanol–water partition coefficient (Wildman–Crippen LogP) is 0.642. The molecule has 43 heavy (non-hydrogen) atoms. The third-order valence-electron chi connectivity index (χ3n) is 9.04. The van der Waals surface area contributed by atoms with Gasteiger partial charge in [0.2, 0.25) is 12.2 Å². The Hall–Kier alpha value is -4.17. The molecule has 0 amide bonds. The molecule has 1 spiro atoms. The van der Waals surface area contributed by atoms with Crippen molar-refractivity contribution in [2.75, 3.05) is 13.6 Å². The van der Waals surface area contributed by atoms with Crippen LogP contribution in [0.2, 0.25) is 0 Å². The maximum Gasteiger partial charge on any atom is 0.349 e. The minimum Gasteiger partial charge on any atom is -0.504 e. The Balaban J connectivity index is 1.45. The molecule has 4 aliphatic rings. The second-order valence-electron chi connectivity index (χ2n) is 11.6. The van der Waals surface area contributed by atoms with Crippen molar-refractivity contribution in [3.8, 4) is 11.5 Å². The van der Waals surface area contributed by atoms with E-state index in [9.17, 15) is 39.3 Å². The van der Waals surface area contributed by atoms with E-state index in [2.05, 4.69) is 4.90 Å². The molecule has 2 aliphatic heterocycles. The highest BCUT2D eigenvalue weighted by molar-refractivity contribution is 5.88. The molecule has 0 unspecified atom stereocenters. The van der Waals surface area contributed by atoms with Crippen molar-refractivity contribution < 1.29 is 63.3 Å². The largest absolute Gasteiger partial charge is 0.504 e. The summed E-state index contributed by atoms with van der Waals surface area (Å²) in [4.78, 5) is 62.6. The van der Waals surface area contributed by atoms with Gasteiger partial charge in [0.05, 0.1) is 17.4 Å². The summed E-state index contributed by atoms with van der Waals surface area (Å²) < 4.78 is 21.8. The summed E-state index contributed by atoms with van der Waals surface area (Å²) in [7, 11) is 1.94. The standard InChI is InChI=1S/C29H33NO13/c1-13(22(40-14(2)31)27(38)42-18(25(35)36)12-20(33)34)26(37)41-17-7-9-29(39)19-11-15-5-6-16(32)23-21(15)28(29,24(17)43-23)8-4-10-30(19)3/h5-7,13,18-19,22,24,32,39H,4,8-12H2,1-3H3,(H,33,34)(H,35,36)/t13-,18+,19-,22-,24+,28+,29-/m1/s1. The average molecular weight is 604 g/mol. The van der Waals surface area contributed by atoms with Gasteiger partial charge in [0, 0.05) is 24.9 Å². The number of phenolic OH excluding ortho intramolecular Hbond substituents is 1. The number of ether oxygens (including phenoxy) is 4. The Bertz CT molecular complexity index is 1420. The molecule has 4 N–H and O–H groups in total. The smallest absolute Gasteiger partial charge is 0.349 e. The number of carbonyl (C=O) groups excluding carboxylic acids is 3. The number of aliphatic carboxylic acids is 2. The van der Waals surface area contributed by atoms with Gasteiger partial charge in [-0.3, -0.25) is 14.4 Å². The first-order valence-corrected chi connectivity index (χ1v) is 13.9. The lowest BCUT2D eigenvalue weighted by atomic mass is 9.52. The molecule has 5 rings (SSSR count). The average Bonchev–Trinajstić information content (AvgIpc) is 3.27. The number of nitrogens with zero attached hydrogens (tertiary/aromatic N) is 1. The summed E-state index contributed by atoms with van der Waals surface area (Å²) in [5, 5.41) is 41.3. The zero-order chi connectivity index (χ0) is 31.4. The monoisotopic (exact) mass is 603 g/mol. The van der Waals surface area contributed by atoms with Gasteiger partial charge in [0.1, 0.15) is 11.7 Å². The number of esters is 3. The van der Waals surface area contributed by atoms with Crippen LogP contribution in [0.5, 0.6) is 11.5 Å². The van der Waals surface area contributed by atoms with Gasteiger partial charge in [0.25, 0.3) is 0 Å². The molecule has 1 aromatic rings. The van der Waals surface area contributed by atoms with Crippen molar-refractivity contribution in [1.82, 2.24) is 4.90 Å². The second-order valence-corrected chi connectivity index (χ2v) is 11.6. The molecule has 0 radical (unpaired) electrons. The summed E-state index contributed by atoms with van der Waals surface area (Å²) in [6.07, 6.45) is -2.81. The van der Waals surface area contributed by atoms with Crippen LogP contribution in [0, 0.1) is 5.92 Å². The van der Waals surface area contributed by atoms with Crippen LogP contribution in [0.15, 0.2) is 24.0 Å². The number of hydrogen-bond donors (Lipinski definition) is 4. The highest BCUT2D eigenvalue weighted by atomic mass is 16.6. The third kappa shape index (κ3) is 4.78. The van der Waals surface area contributed by atoms with Crippen molar-refractivity contribution in [3.63, 3.8) is 0 Å². The Morgan fingerprint density at radius 3 is 2.51 bits per heavy atom. The van der Waals surface area contributed by atoms with E-state index in [0.29, 0.717) is 31.4 Å². The number of carboxylic acid groups (broad SMARTS) is 2. The highest BCUT2D eigenvalue weighted by Gasteiger charge is 2.71. The molecule has 2 heterocycles. The quantitative estimate of drug-likeness (QED) is 0.226. The highest BCUT2D eigenvalue weighted by Crippen LogP contribution is 2.65. The van der Waals surface area contributed by atoms with Crippen molar-refractivity contribution in [2.45, 2.75) is 81.3 Å². The van der Waals surface area contributed by atoms with E-state index in [4.69, 9.17) is 24.1 Å². The fourth-order valence-electron chi connectivity index (χ4n) is 7.10. The van der Waals surface area contributed by atoms with E-state index in [1.165, 1.54) is 13.0 Å². The molecule has 0 saturated carbocycles. The summed E-state index contributed by atoms with van der Waals surface area (Å²) >= 11 is 0. The number of aromatic hydroxyl groups is 1. The van der Waals surface area contributed by atoms with Crippen molar-refractivity contribution in [3.05, 3.63) is 35.1 Å². The summed E-state index contributed by atoms with van der Waals surface area (Å²) in [6, 6.07) is 3.05. The van der Waals surface area contributed by atoms with Crippen molar-refractivity contribution >= 4 is 29.8 Å². The van der Waals surface area contributed by atoms with E-state index >= 15 is 0 Å². The molecule has 2 aliphatic carbocycles. The molecule has 2 bridgehead atoms. The number of likely N-dealkylation sites (N-methyl/N-ethyl adjacent to an activating group) is 1. The molecule has 14 nitrogen and oxygen atoms in total. The normalized spacial score (nSPS) is 29.0. The molecular weight excluding hydrogens is 570 g/mol. The van der Waals surface area contributed by atoms with Crippen LogP contribution in [-0.2, 0) is 50.0 Å². The molecule has 7 atom stereocenters. The van der Waals surface area contributed by atoms with E-state index in [1.54, 1.807) is 6.08 Å². The van der Waals surface area contributed by atoms with Gasteiger partial charge in [-0.2, -0.15) is 0 Å². The lowest BCUT2D eigenvalue weighted by Crippen LogP contribution is -2.69. The fourth-order valence-corrected chi connectivity index (χ4v) is 7.10. The van der Waals surface area contributed by atoms with Gasteiger partial charge < -0.3 is 44.3 Å². The van der Waals surface area contributed by atoms with Crippen molar-refractivity contribution in [1.29, 1.82) is 0 Å². The first-order valence-electron chi connectivity index (χ1n) is 13.9. The fraction of sp³-hybridized carbons (Fsp3) is 0.552. The first kappa shape index (κ1) is 30.3. The van der Waals surface area contributed by atoms with Gasteiger partial charge in [-0.05, 0) is 57.5 Å². The maximum atomic E-state index is 13.4. The Labute approximate surface area is 245 Å². The number of rotatable bonds is 9. The number of carboxylic acids is 2.